The van der Waals surface area contributed by atoms with E-state index in [4.69, 9.17) is 4.74 Å². The van der Waals surface area contributed by atoms with Gasteiger partial charge in [-0.1, -0.05) is 60.7 Å². The number of benzene rings is 2. The molecule has 1 atom stereocenters. The highest BCUT2D eigenvalue weighted by Crippen LogP contribution is 2.28. The first-order chi connectivity index (χ1) is 9.33. The third kappa shape index (κ3) is 2.58. The fourth-order valence-corrected chi connectivity index (χ4v) is 2.24. The molecular weight excluding hydrogens is 236 g/mol. The molecule has 19 heavy (non-hydrogen) atoms. The number of ether oxygens (including phenoxy) is 1. The summed E-state index contributed by atoms with van der Waals surface area (Å²) in [5.41, 5.74) is 2.10. The zero-order chi connectivity index (χ0) is 13.1. The smallest absolute Gasteiger partial charge is 0.318 e. The number of hydrogen-bond donors (Lipinski definition) is 0. The van der Waals surface area contributed by atoms with Gasteiger partial charge >= 0.3 is 5.97 Å². The molecule has 0 N–H and O–H groups in total. The minimum Gasteiger partial charge on any atom is -0.426 e. The van der Waals surface area contributed by atoms with E-state index < -0.39 is 0 Å². The van der Waals surface area contributed by atoms with E-state index >= 15 is 0 Å². The van der Waals surface area contributed by atoms with Crippen LogP contribution in [0.2, 0.25) is 0 Å². The first kappa shape index (κ1) is 11.7. The highest BCUT2D eigenvalue weighted by Gasteiger charge is 2.27. The van der Waals surface area contributed by atoms with E-state index in [1.807, 2.05) is 66.7 Å². The van der Waals surface area contributed by atoms with Gasteiger partial charge in [0.05, 0.1) is 5.92 Å². The topological polar surface area (TPSA) is 26.3 Å². The van der Waals surface area contributed by atoms with Gasteiger partial charge in [0.25, 0.3) is 0 Å². The number of hydrogen-bond acceptors (Lipinski definition) is 2. The van der Waals surface area contributed by atoms with Crippen molar-refractivity contribution in [3.63, 3.8) is 0 Å². The maximum atomic E-state index is 11.9. The Morgan fingerprint density at radius 2 is 1.53 bits per heavy atom. The van der Waals surface area contributed by atoms with Crippen molar-refractivity contribution in [2.75, 3.05) is 0 Å². The molecule has 0 aromatic heterocycles. The van der Waals surface area contributed by atoms with Gasteiger partial charge in [-0.3, -0.25) is 4.79 Å². The third-order valence-corrected chi connectivity index (χ3v) is 3.22. The van der Waals surface area contributed by atoms with E-state index in [0.717, 1.165) is 11.1 Å². The number of cyclic esters (lactones) is 1. The van der Waals surface area contributed by atoms with Crippen LogP contribution >= 0.6 is 0 Å². The van der Waals surface area contributed by atoms with Crippen LogP contribution in [0.1, 0.15) is 11.1 Å². The Morgan fingerprint density at radius 1 is 0.895 bits per heavy atom. The number of carbonyl (C=O) groups is 1. The molecule has 0 radical (unpaired) electrons. The molecular formula is C17H14O2. The zero-order valence-electron chi connectivity index (χ0n) is 10.5. The summed E-state index contributed by atoms with van der Waals surface area (Å²) in [5, 5.41) is 0. The monoisotopic (exact) mass is 250 g/mol. The minimum atomic E-state index is -0.183. The molecule has 1 heterocycles. The van der Waals surface area contributed by atoms with Crippen LogP contribution in [0, 0.1) is 5.92 Å². The molecule has 0 fully saturated rings. The average molecular weight is 250 g/mol. The second kappa shape index (κ2) is 5.11. The van der Waals surface area contributed by atoms with Crippen molar-refractivity contribution in [3.8, 4) is 0 Å². The predicted octanol–water partition coefficient (Wildman–Crippen LogP) is 3.44. The van der Waals surface area contributed by atoms with Crippen LogP contribution in [0.3, 0.4) is 0 Å². The molecule has 0 saturated heterocycles. The van der Waals surface area contributed by atoms with Crippen molar-refractivity contribution in [1.82, 2.24) is 0 Å². The van der Waals surface area contributed by atoms with E-state index in [9.17, 15) is 4.79 Å². The Balaban J connectivity index is 1.80. The summed E-state index contributed by atoms with van der Waals surface area (Å²) < 4.78 is 5.35. The third-order valence-electron chi connectivity index (χ3n) is 3.22. The summed E-state index contributed by atoms with van der Waals surface area (Å²) in [7, 11) is 0. The average Bonchev–Trinajstić information content (AvgIpc) is 2.82. The highest BCUT2D eigenvalue weighted by molar-refractivity contribution is 5.87. The number of esters is 1. The normalized spacial score (nSPS) is 18.0. The van der Waals surface area contributed by atoms with Crippen LogP contribution in [0.15, 0.2) is 66.7 Å². The second-order valence-electron chi connectivity index (χ2n) is 4.61. The van der Waals surface area contributed by atoms with Crippen LogP contribution in [-0.2, 0) is 16.0 Å². The molecule has 0 bridgehead atoms. The van der Waals surface area contributed by atoms with Gasteiger partial charge in [0.1, 0.15) is 5.76 Å². The number of carbonyl (C=O) groups excluding carboxylic acids is 1. The van der Waals surface area contributed by atoms with Crippen LogP contribution in [0.4, 0.5) is 0 Å². The molecule has 0 saturated carbocycles. The molecule has 1 unspecified atom stereocenters. The summed E-state index contributed by atoms with van der Waals surface area (Å²) in [6.45, 7) is 0. The first-order valence-corrected chi connectivity index (χ1v) is 6.36. The second-order valence-corrected chi connectivity index (χ2v) is 4.61. The molecule has 1 aliphatic heterocycles. The fourth-order valence-electron chi connectivity index (χ4n) is 2.24. The van der Waals surface area contributed by atoms with Crippen molar-refractivity contribution in [1.29, 1.82) is 0 Å². The van der Waals surface area contributed by atoms with Crippen molar-refractivity contribution < 1.29 is 9.53 Å². The standard InChI is InChI=1S/C17H14O2/c18-17-15(11-13-7-3-1-4-8-13)12-16(19-17)14-9-5-2-6-10-14/h1-10,12,15H,11H2. The van der Waals surface area contributed by atoms with E-state index in [1.165, 1.54) is 0 Å². The molecule has 94 valence electrons. The summed E-state index contributed by atoms with van der Waals surface area (Å²) in [5.74, 6) is 0.326. The summed E-state index contributed by atoms with van der Waals surface area (Å²) in [6.07, 6.45) is 2.61. The van der Waals surface area contributed by atoms with Crippen molar-refractivity contribution >= 4 is 11.7 Å². The quantitative estimate of drug-likeness (QED) is 0.780. The van der Waals surface area contributed by atoms with Gasteiger partial charge in [-0.2, -0.15) is 0 Å². The molecule has 2 aromatic rings. The van der Waals surface area contributed by atoms with Crippen LogP contribution in [-0.4, -0.2) is 5.97 Å². The maximum absolute atomic E-state index is 11.9. The summed E-state index contributed by atoms with van der Waals surface area (Å²) in [6, 6.07) is 19.7. The highest BCUT2D eigenvalue weighted by atomic mass is 16.5. The molecule has 0 spiro atoms. The van der Waals surface area contributed by atoms with Crippen LogP contribution in [0.5, 0.6) is 0 Å². The molecule has 1 aliphatic rings. The van der Waals surface area contributed by atoms with Crippen molar-refractivity contribution in [3.05, 3.63) is 77.9 Å². The molecule has 3 rings (SSSR count). The van der Waals surface area contributed by atoms with Gasteiger partial charge in [-0.25, -0.2) is 0 Å². The lowest BCUT2D eigenvalue weighted by atomic mass is 9.99. The molecule has 2 nitrogen and oxygen atoms in total. The largest absolute Gasteiger partial charge is 0.426 e. The van der Waals surface area contributed by atoms with Gasteiger partial charge in [0.15, 0.2) is 0 Å². The predicted molar refractivity (Wildman–Crippen MR) is 74.1 cm³/mol. The van der Waals surface area contributed by atoms with Crippen LogP contribution < -0.4 is 0 Å². The SMILES string of the molecule is O=C1OC(c2ccccc2)=CC1Cc1ccccc1. The number of rotatable bonds is 3. The van der Waals surface area contributed by atoms with Crippen molar-refractivity contribution in [2.45, 2.75) is 6.42 Å². The van der Waals surface area contributed by atoms with E-state index in [-0.39, 0.29) is 11.9 Å². The van der Waals surface area contributed by atoms with E-state index in [1.54, 1.807) is 0 Å². The lowest BCUT2D eigenvalue weighted by Crippen LogP contribution is -2.11. The Morgan fingerprint density at radius 3 is 2.21 bits per heavy atom. The zero-order valence-corrected chi connectivity index (χ0v) is 10.5. The van der Waals surface area contributed by atoms with Crippen LogP contribution in [0.25, 0.3) is 5.76 Å². The summed E-state index contributed by atoms with van der Waals surface area (Å²) >= 11 is 0. The molecule has 0 amide bonds. The van der Waals surface area contributed by atoms with Gasteiger partial charge in [-0.15, -0.1) is 0 Å². The van der Waals surface area contributed by atoms with Crippen molar-refractivity contribution in [2.24, 2.45) is 5.92 Å². The molecule has 0 aliphatic carbocycles. The van der Waals surface area contributed by atoms with Gasteiger partial charge < -0.3 is 4.74 Å². The fraction of sp³-hybridized carbons (Fsp3) is 0.118. The Kier molecular flexibility index (Phi) is 3.15. The Labute approximate surface area is 112 Å². The maximum Gasteiger partial charge on any atom is 0.318 e. The minimum absolute atomic E-state index is 0.164. The van der Waals surface area contributed by atoms with E-state index in [0.29, 0.717) is 12.2 Å². The lowest BCUT2D eigenvalue weighted by Gasteiger charge is -2.04. The molecule has 2 aromatic carbocycles. The summed E-state index contributed by atoms with van der Waals surface area (Å²) in [4.78, 5) is 11.9. The van der Waals surface area contributed by atoms with Gasteiger partial charge in [0, 0.05) is 5.56 Å². The Bertz CT molecular complexity index is 600. The lowest BCUT2D eigenvalue weighted by molar-refractivity contribution is -0.137. The molecule has 2 heteroatoms. The van der Waals surface area contributed by atoms with E-state index in [2.05, 4.69) is 0 Å². The first-order valence-electron chi connectivity index (χ1n) is 6.36. The van der Waals surface area contributed by atoms with Gasteiger partial charge in [0.2, 0.25) is 0 Å². The Hall–Kier alpha value is -2.35. The van der Waals surface area contributed by atoms with Gasteiger partial charge in [-0.05, 0) is 18.1 Å².